The summed E-state index contributed by atoms with van der Waals surface area (Å²) in [5.41, 5.74) is 0.646. The van der Waals surface area contributed by atoms with Gasteiger partial charge in [0.15, 0.2) is 0 Å². The van der Waals surface area contributed by atoms with Crippen LogP contribution in [-0.2, 0) is 0 Å². The highest BCUT2D eigenvalue weighted by Gasteiger charge is 1.95. The van der Waals surface area contributed by atoms with Crippen LogP contribution in [0.25, 0.3) is 0 Å². The van der Waals surface area contributed by atoms with Gasteiger partial charge in [0.05, 0.1) is 18.2 Å². The van der Waals surface area contributed by atoms with Crippen molar-refractivity contribution < 1.29 is 4.74 Å². The summed E-state index contributed by atoms with van der Waals surface area (Å²) < 4.78 is 5.53. The number of benzene rings is 1. The number of nitriles is 1. The lowest BCUT2D eigenvalue weighted by atomic mass is 10.2. The minimum Gasteiger partial charge on any atom is -0.494 e. The predicted octanol–water partition coefficient (Wildman–Crippen LogP) is 3.50. The third kappa shape index (κ3) is 4.85. The van der Waals surface area contributed by atoms with Gasteiger partial charge in [-0.05, 0) is 37.5 Å². The maximum absolute atomic E-state index is 8.69. The molecular weight excluding hydrogens is 254 g/mol. The highest BCUT2D eigenvalue weighted by Crippen LogP contribution is 2.13. The average Bonchev–Trinajstić information content (AvgIpc) is 2.29. The number of hydrogen-bond donors (Lipinski definition) is 0. The zero-order valence-electron chi connectivity index (χ0n) is 8.58. The Kier molecular flexibility index (Phi) is 5.87. The average molecular weight is 268 g/mol. The molecule has 0 radical (unpaired) electrons. The van der Waals surface area contributed by atoms with Crippen molar-refractivity contribution in [2.45, 2.75) is 19.3 Å². The van der Waals surface area contributed by atoms with Crippen LogP contribution in [0.3, 0.4) is 0 Å². The molecule has 0 aliphatic carbocycles. The van der Waals surface area contributed by atoms with Crippen LogP contribution >= 0.6 is 15.9 Å². The molecule has 0 bridgehead atoms. The van der Waals surface area contributed by atoms with Crippen LogP contribution in [0.4, 0.5) is 0 Å². The molecule has 0 aromatic heterocycles. The molecule has 0 heterocycles. The van der Waals surface area contributed by atoms with Crippen molar-refractivity contribution in [3.63, 3.8) is 0 Å². The summed E-state index contributed by atoms with van der Waals surface area (Å²) in [7, 11) is 0. The van der Waals surface area contributed by atoms with Gasteiger partial charge in [-0.2, -0.15) is 5.26 Å². The van der Waals surface area contributed by atoms with E-state index in [1.54, 1.807) is 12.1 Å². The number of ether oxygens (including phenoxy) is 1. The Morgan fingerprint density at radius 1 is 1.27 bits per heavy atom. The van der Waals surface area contributed by atoms with Crippen molar-refractivity contribution in [3.05, 3.63) is 29.8 Å². The van der Waals surface area contributed by atoms with E-state index in [4.69, 9.17) is 10.00 Å². The van der Waals surface area contributed by atoms with Gasteiger partial charge in [-0.25, -0.2) is 0 Å². The molecular formula is C12H14BrNO. The van der Waals surface area contributed by atoms with E-state index in [0.717, 1.165) is 24.1 Å². The molecule has 0 fully saturated rings. The molecule has 1 aromatic carbocycles. The quantitative estimate of drug-likeness (QED) is 0.584. The first-order valence-corrected chi connectivity index (χ1v) is 6.18. The van der Waals surface area contributed by atoms with Crippen LogP contribution in [0.15, 0.2) is 24.3 Å². The molecule has 2 nitrogen and oxygen atoms in total. The van der Waals surface area contributed by atoms with E-state index in [2.05, 4.69) is 22.0 Å². The van der Waals surface area contributed by atoms with Crippen LogP contribution in [0.1, 0.15) is 24.8 Å². The number of unbranched alkanes of at least 4 members (excludes halogenated alkanes) is 2. The molecule has 0 N–H and O–H groups in total. The van der Waals surface area contributed by atoms with E-state index in [9.17, 15) is 0 Å². The van der Waals surface area contributed by atoms with Crippen molar-refractivity contribution in [2.24, 2.45) is 0 Å². The molecule has 80 valence electrons. The second-order valence-corrected chi connectivity index (χ2v) is 4.03. The molecule has 0 atom stereocenters. The molecule has 3 heteroatoms. The van der Waals surface area contributed by atoms with Crippen molar-refractivity contribution in [1.29, 1.82) is 5.26 Å². The van der Waals surface area contributed by atoms with Crippen molar-refractivity contribution >= 4 is 15.9 Å². The van der Waals surface area contributed by atoms with Crippen molar-refractivity contribution in [1.82, 2.24) is 0 Å². The summed E-state index contributed by atoms with van der Waals surface area (Å²) in [6.07, 6.45) is 3.41. The molecule has 0 aliphatic heterocycles. The van der Waals surface area contributed by atoms with Gasteiger partial charge in [0.2, 0.25) is 0 Å². The predicted molar refractivity (Wildman–Crippen MR) is 64.3 cm³/mol. The Hall–Kier alpha value is -1.01. The van der Waals surface area contributed by atoms with E-state index in [1.165, 1.54) is 12.8 Å². The maximum Gasteiger partial charge on any atom is 0.120 e. The lowest BCUT2D eigenvalue weighted by Crippen LogP contribution is -1.97. The lowest BCUT2D eigenvalue weighted by Gasteiger charge is -2.05. The fraction of sp³-hybridized carbons (Fsp3) is 0.417. The van der Waals surface area contributed by atoms with Crippen molar-refractivity contribution in [2.75, 3.05) is 11.9 Å². The Morgan fingerprint density at radius 3 is 2.87 bits per heavy atom. The number of rotatable bonds is 6. The van der Waals surface area contributed by atoms with Gasteiger partial charge in [-0.1, -0.05) is 22.0 Å². The lowest BCUT2D eigenvalue weighted by molar-refractivity contribution is 0.306. The minimum absolute atomic E-state index is 0.646. The third-order valence-corrected chi connectivity index (χ3v) is 2.57. The monoisotopic (exact) mass is 267 g/mol. The molecule has 0 saturated heterocycles. The van der Waals surface area contributed by atoms with Crippen LogP contribution < -0.4 is 4.74 Å². The zero-order valence-corrected chi connectivity index (χ0v) is 10.2. The Bertz CT molecular complexity index is 333. The molecule has 0 unspecified atom stereocenters. The van der Waals surface area contributed by atoms with E-state index in [-0.39, 0.29) is 0 Å². The summed E-state index contributed by atoms with van der Waals surface area (Å²) in [5.74, 6) is 0.785. The van der Waals surface area contributed by atoms with Gasteiger partial charge < -0.3 is 4.74 Å². The molecule has 1 rings (SSSR count). The molecule has 0 saturated carbocycles. The van der Waals surface area contributed by atoms with Crippen LogP contribution in [-0.4, -0.2) is 11.9 Å². The molecule has 0 spiro atoms. The van der Waals surface area contributed by atoms with Crippen molar-refractivity contribution in [3.8, 4) is 11.8 Å². The summed E-state index contributed by atoms with van der Waals surface area (Å²) >= 11 is 3.39. The molecule has 1 aromatic rings. The van der Waals surface area contributed by atoms with E-state index < -0.39 is 0 Å². The Labute approximate surface area is 99.0 Å². The van der Waals surface area contributed by atoms with Gasteiger partial charge in [0, 0.05) is 5.33 Å². The van der Waals surface area contributed by atoms with Crippen LogP contribution in [0, 0.1) is 11.3 Å². The standard InChI is InChI=1S/C12H14BrNO/c13-7-2-1-3-8-15-12-6-4-5-11(9-12)10-14/h4-6,9H,1-3,7-8H2. The number of nitrogens with zero attached hydrogens (tertiary/aromatic N) is 1. The van der Waals surface area contributed by atoms with Gasteiger partial charge in [-0.3, -0.25) is 0 Å². The Morgan fingerprint density at radius 2 is 2.13 bits per heavy atom. The molecule has 0 amide bonds. The van der Waals surface area contributed by atoms with Gasteiger partial charge in [0.1, 0.15) is 5.75 Å². The maximum atomic E-state index is 8.69. The second kappa shape index (κ2) is 7.30. The SMILES string of the molecule is N#Cc1cccc(OCCCCCBr)c1. The molecule has 15 heavy (non-hydrogen) atoms. The summed E-state index contributed by atoms with van der Waals surface area (Å²) in [4.78, 5) is 0. The number of alkyl halides is 1. The van der Waals surface area contributed by atoms with Crippen LogP contribution in [0.2, 0.25) is 0 Å². The highest BCUT2D eigenvalue weighted by atomic mass is 79.9. The van der Waals surface area contributed by atoms with Gasteiger partial charge in [-0.15, -0.1) is 0 Å². The fourth-order valence-corrected chi connectivity index (χ4v) is 1.62. The van der Waals surface area contributed by atoms with E-state index >= 15 is 0 Å². The topological polar surface area (TPSA) is 33.0 Å². The first-order chi connectivity index (χ1) is 7.36. The fourth-order valence-electron chi connectivity index (χ4n) is 1.22. The van der Waals surface area contributed by atoms with Gasteiger partial charge in [0.25, 0.3) is 0 Å². The number of hydrogen-bond acceptors (Lipinski definition) is 2. The van der Waals surface area contributed by atoms with E-state index in [0.29, 0.717) is 5.56 Å². The first-order valence-electron chi connectivity index (χ1n) is 5.06. The molecule has 0 aliphatic rings. The summed E-state index contributed by atoms with van der Waals surface area (Å²) in [6.45, 7) is 0.724. The zero-order chi connectivity index (χ0) is 10.9. The normalized spacial score (nSPS) is 9.60. The van der Waals surface area contributed by atoms with Gasteiger partial charge >= 0.3 is 0 Å². The highest BCUT2D eigenvalue weighted by molar-refractivity contribution is 9.09. The first kappa shape index (κ1) is 12.1. The second-order valence-electron chi connectivity index (χ2n) is 3.24. The largest absolute Gasteiger partial charge is 0.494 e. The summed E-state index contributed by atoms with van der Waals surface area (Å²) in [5, 5.41) is 9.75. The number of halogens is 1. The van der Waals surface area contributed by atoms with Crippen LogP contribution in [0.5, 0.6) is 5.75 Å². The summed E-state index contributed by atoms with van der Waals surface area (Å²) in [6, 6.07) is 9.36. The Balaban J connectivity index is 2.28. The van der Waals surface area contributed by atoms with E-state index in [1.807, 2.05) is 12.1 Å². The smallest absolute Gasteiger partial charge is 0.120 e. The third-order valence-electron chi connectivity index (χ3n) is 2.01. The minimum atomic E-state index is 0.646.